The lowest BCUT2D eigenvalue weighted by molar-refractivity contribution is 0.0692. The van der Waals surface area contributed by atoms with Gasteiger partial charge >= 0.3 is 12.0 Å². The number of carboxylic acids is 1. The summed E-state index contributed by atoms with van der Waals surface area (Å²) in [7, 11) is -4.27. The van der Waals surface area contributed by atoms with Crippen molar-refractivity contribution in [3.8, 4) is 0 Å². The zero-order chi connectivity index (χ0) is 14.6. The molecule has 0 atom stereocenters. The average Bonchev–Trinajstić information content (AvgIpc) is 2.27. The van der Waals surface area contributed by atoms with Crippen LogP contribution in [-0.4, -0.2) is 32.1 Å². The van der Waals surface area contributed by atoms with E-state index in [2.05, 4.69) is 5.32 Å². The molecule has 5 N–H and O–H groups in total. The van der Waals surface area contributed by atoms with Gasteiger partial charge in [-0.2, -0.15) is 0 Å². The number of benzene rings is 1. The second kappa shape index (κ2) is 5.57. The minimum absolute atomic E-state index is 0.106. The lowest BCUT2D eigenvalue weighted by Crippen LogP contribution is -2.39. The lowest BCUT2D eigenvalue weighted by atomic mass is 10.2. The van der Waals surface area contributed by atoms with Crippen LogP contribution in [0.2, 0.25) is 0 Å². The number of nitrogen functional groups attached to an aromatic ring is 1. The van der Waals surface area contributed by atoms with Crippen molar-refractivity contribution in [1.29, 1.82) is 0 Å². The number of sulfonamides is 1. The van der Waals surface area contributed by atoms with Crippen LogP contribution < -0.4 is 15.8 Å². The fraction of sp³-hybridized carbons (Fsp3) is 0.200. The summed E-state index contributed by atoms with van der Waals surface area (Å²) >= 11 is 0. The van der Waals surface area contributed by atoms with Crippen LogP contribution in [0.1, 0.15) is 17.3 Å². The molecular formula is C10H13N3O5S. The molecule has 19 heavy (non-hydrogen) atoms. The van der Waals surface area contributed by atoms with Crippen LogP contribution in [-0.2, 0) is 10.0 Å². The van der Waals surface area contributed by atoms with Crippen molar-refractivity contribution in [2.24, 2.45) is 0 Å². The first kappa shape index (κ1) is 14.8. The average molecular weight is 287 g/mol. The van der Waals surface area contributed by atoms with Gasteiger partial charge in [0.2, 0.25) is 0 Å². The third-order valence-corrected chi connectivity index (χ3v) is 3.48. The van der Waals surface area contributed by atoms with Crippen LogP contribution in [0.25, 0.3) is 0 Å². The molecule has 0 fully saturated rings. The summed E-state index contributed by atoms with van der Waals surface area (Å²) in [6.07, 6.45) is 0. The molecule has 0 aliphatic heterocycles. The van der Waals surface area contributed by atoms with Gasteiger partial charge in [0, 0.05) is 12.2 Å². The van der Waals surface area contributed by atoms with Gasteiger partial charge in [0.1, 0.15) is 4.90 Å². The third-order valence-electron chi connectivity index (χ3n) is 2.09. The van der Waals surface area contributed by atoms with Crippen LogP contribution >= 0.6 is 0 Å². The Balaban J connectivity index is 3.22. The number of hydrogen-bond donors (Lipinski definition) is 4. The zero-order valence-electron chi connectivity index (χ0n) is 10.0. The Labute approximate surface area is 109 Å². The summed E-state index contributed by atoms with van der Waals surface area (Å²) in [5, 5.41) is 11.2. The van der Waals surface area contributed by atoms with Crippen molar-refractivity contribution in [2.75, 3.05) is 12.3 Å². The van der Waals surface area contributed by atoms with Crippen LogP contribution in [0.15, 0.2) is 23.1 Å². The predicted octanol–water partition coefficient (Wildman–Crippen LogP) is -0.0252. The van der Waals surface area contributed by atoms with Gasteiger partial charge in [-0.3, -0.25) is 0 Å². The molecule has 2 amide bonds. The smallest absolute Gasteiger partial charge is 0.337 e. The highest BCUT2D eigenvalue weighted by Gasteiger charge is 2.24. The Hall–Kier alpha value is -2.29. The van der Waals surface area contributed by atoms with E-state index in [1.54, 1.807) is 11.6 Å². The Morgan fingerprint density at radius 3 is 2.53 bits per heavy atom. The fourth-order valence-corrected chi connectivity index (χ4v) is 2.43. The highest BCUT2D eigenvalue weighted by Crippen LogP contribution is 2.18. The molecule has 0 aromatic heterocycles. The quantitative estimate of drug-likeness (QED) is 0.574. The van der Waals surface area contributed by atoms with E-state index in [1.165, 1.54) is 6.07 Å². The number of rotatable bonds is 4. The fourth-order valence-electron chi connectivity index (χ4n) is 1.32. The number of urea groups is 1. The topological polar surface area (TPSA) is 139 Å². The second-order valence-electron chi connectivity index (χ2n) is 3.53. The van der Waals surface area contributed by atoms with Gasteiger partial charge in [-0.1, -0.05) is 0 Å². The highest BCUT2D eigenvalue weighted by molar-refractivity contribution is 7.90. The standard InChI is InChI=1S/C10H13N3O5S/c1-2-12-10(16)13-19(17,18)8-4-3-6(11)5-7(8)9(14)15/h3-5H,2,11H2,1H3,(H,14,15)(H2,12,13,16). The lowest BCUT2D eigenvalue weighted by Gasteiger charge is -2.10. The molecule has 0 saturated heterocycles. The number of anilines is 1. The first-order valence-electron chi connectivity index (χ1n) is 5.21. The van der Waals surface area contributed by atoms with Gasteiger partial charge < -0.3 is 16.2 Å². The molecular weight excluding hydrogens is 274 g/mol. The SMILES string of the molecule is CCNC(=O)NS(=O)(=O)c1ccc(N)cc1C(=O)O. The summed E-state index contributed by atoms with van der Waals surface area (Å²) in [4.78, 5) is 21.7. The zero-order valence-corrected chi connectivity index (χ0v) is 10.8. The number of hydrogen-bond acceptors (Lipinski definition) is 5. The predicted molar refractivity (Wildman–Crippen MR) is 67.2 cm³/mol. The normalized spacial score (nSPS) is 10.8. The maximum atomic E-state index is 11.9. The summed E-state index contributed by atoms with van der Waals surface area (Å²) in [5.74, 6) is -1.46. The van der Waals surface area contributed by atoms with Crippen LogP contribution in [0, 0.1) is 0 Å². The summed E-state index contributed by atoms with van der Waals surface area (Å²) in [5.41, 5.74) is 5.00. The maximum Gasteiger partial charge on any atom is 0.337 e. The van der Waals surface area contributed by atoms with Gasteiger partial charge in [-0.05, 0) is 25.1 Å². The molecule has 0 aliphatic rings. The van der Waals surface area contributed by atoms with E-state index < -0.39 is 32.5 Å². The van der Waals surface area contributed by atoms with Crippen molar-refractivity contribution in [3.63, 3.8) is 0 Å². The van der Waals surface area contributed by atoms with Crippen LogP contribution in [0.5, 0.6) is 0 Å². The third kappa shape index (κ3) is 3.58. The molecule has 8 nitrogen and oxygen atoms in total. The van der Waals surface area contributed by atoms with Crippen LogP contribution in [0.3, 0.4) is 0 Å². The molecule has 0 unspecified atom stereocenters. The summed E-state index contributed by atoms with van der Waals surface area (Å²) < 4.78 is 25.5. The van der Waals surface area contributed by atoms with E-state index in [0.717, 1.165) is 12.1 Å². The number of carbonyl (C=O) groups is 2. The molecule has 9 heteroatoms. The Morgan fingerprint density at radius 2 is 2.00 bits per heavy atom. The number of carbonyl (C=O) groups excluding carboxylic acids is 1. The maximum absolute atomic E-state index is 11.9. The molecule has 1 aromatic carbocycles. The van der Waals surface area contributed by atoms with E-state index in [9.17, 15) is 18.0 Å². The first-order chi connectivity index (χ1) is 8.77. The summed E-state index contributed by atoms with van der Waals surface area (Å²) in [6, 6.07) is 2.34. The van der Waals surface area contributed by atoms with Gasteiger partial charge in [0.15, 0.2) is 0 Å². The Morgan fingerprint density at radius 1 is 1.37 bits per heavy atom. The molecule has 1 rings (SSSR count). The van der Waals surface area contributed by atoms with E-state index >= 15 is 0 Å². The van der Waals surface area contributed by atoms with Crippen molar-refractivity contribution < 1.29 is 23.1 Å². The summed E-state index contributed by atoms with van der Waals surface area (Å²) in [6.45, 7) is 1.84. The number of nitrogens with one attached hydrogen (secondary N) is 2. The van der Waals surface area contributed by atoms with Gasteiger partial charge in [0.25, 0.3) is 10.0 Å². The van der Waals surface area contributed by atoms with Gasteiger partial charge in [-0.25, -0.2) is 22.7 Å². The molecule has 0 aliphatic carbocycles. The molecule has 0 heterocycles. The second-order valence-corrected chi connectivity index (χ2v) is 5.18. The molecule has 0 saturated carbocycles. The molecule has 0 spiro atoms. The van der Waals surface area contributed by atoms with E-state index in [-0.39, 0.29) is 12.2 Å². The van der Waals surface area contributed by atoms with E-state index in [4.69, 9.17) is 10.8 Å². The highest BCUT2D eigenvalue weighted by atomic mass is 32.2. The monoisotopic (exact) mass is 287 g/mol. The van der Waals surface area contributed by atoms with Crippen molar-refractivity contribution in [2.45, 2.75) is 11.8 Å². The number of carboxylic acid groups (broad SMARTS) is 1. The minimum atomic E-state index is -4.27. The minimum Gasteiger partial charge on any atom is -0.478 e. The number of nitrogens with two attached hydrogens (primary N) is 1. The molecule has 0 bridgehead atoms. The molecule has 1 aromatic rings. The largest absolute Gasteiger partial charge is 0.478 e. The van der Waals surface area contributed by atoms with E-state index in [0.29, 0.717) is 0 Å². The first-order valence-corrected chi connectivity index (χ1v) is 6.69. The van der Waals surface area contributed by atoms with E-state index in [1.807, 2.05) is 0 Å². The Bertz CT molecular complexity index is 612. The number of aromatic carboxylic acids is 1. The van der Waals surface area contributed by atoms with Crippen molar-refractivity contribution >= 4 is 27.7 Å². The Kier molecular flexibility index (Phi) is 4.33. The molecule has 104 valence electrons. The number of amides is 2. The van der Waals surface area contributed by atoms with Gasteiger partial charge in [0.05, 0.1) is 5.56 Å². The van der Waals surface area contributed by atoms with Gasteiger partial charge in [-0.15, -0.1) is 0 Å². The molecule has 0 radical (unpaired) electrons. The van der Waals surface area contributed by atoms with Crippen LogP contribution in [0.4, 0.5) is 10.5 Å². The van der Waals surface area contributed by atoms with Crippen molar-refractivity contribution in [1.82, 2.24) is 10.0 Å². The van der Waals surface area contributed by atoms with Crippen molar-refractivity contribution in [3.05, 3.63) is 23.8 Å².